The second kappa shape index (κ2) is 7.36. The van der Waals surface area contributed by atoms with Crippen LogP contribution in [0.5, 0.6) is 5.75 Å². The highest BCUT2D eigenvalue weighted by Gasteiger charge is 2.11. The number of rotatable bonds is 5. The monoisotopic (exact) mass is 360 g/mol. The van der Waals surface area contributed by atoms with Crippen molar-refractivity contribution in [1.82, 2.24) is 5.16 Å². The first-order chi connectivity index (χ1) is 12.0. The molecular weight excluding hydrogens is 347 g/mol. The van der Waals surface area contributed by atoms with Crippen LogP contribution < -0.4 is 10.1 Å². The van der Waals surface area contributed by atoms with Gasteiger partial charge in [-0.3, -0.25) is 10.1 Å². The van der Waals surface area contributed by atoms with E-state index >= 15 is 0 Å². The third-order valence-electron chi connectivity index (χ3n) is 3.41. The van der Waals surface area contributed by atoms with Crippen molar-refractivity contribution in [3.05, 3.63) is 64.9 Å². The van der Waals surface area contributed by atoms with Gasteiger partial charge in [0.2, 0.25) is 5.88 Å². The molecule has 0 aliphatic carbocycles. The van der Waals surface area contributed by atoms with E-state index in [0.717, 1.165) is 5.56 Å². The molecule has 1 N–H and O–H groups in total. The van der Waals surface area contributed by atoms with Gasteiger partial charge in [-0.25, -0.2) is 4.39 Å². The van der Waals surface area contributed by atoms with Crippen molar-refractivity contribution < 1.29 is 18.4 Å². The third-order valence-corrected chi connectivity index (χ3v) is 3.84. The molecule has 0 aliphatic heterocycles. The number of aryl methyl sites for hydroxylation is 1. The first kappa shape index (κ1) is 17.0. The molecule has 0 saturated carbocycles. The number of nitrogens with one attached hydrogen (secondary N) is 1. The van der Waals surface area contributed by atoms with Gasteiger partial charge in [-0.2, -0.15) is 0 Å². The maximum Gasteiger partial charge on any atom is 0.264 e. The lowest BCUT2D eigenvalue weighted by molar-refractivity contribution is -0.118. The second-order valence-corrected chi connectivity index (χ2v) is 5.74. The Morgan fingerprint density at radius 1 is 1.24 bits per heavy atom. The van der Waals surface area contributed by atoms with E-state index in [9.17, 15) is 9.18 Å². The Morgan fingerprint density at radius 2 is 2.00 bits per heavy atom. The van der Waals surface area contributed by atoms with Crippen molar-refractivity contribution in [2.75, 3.05) is 11.9 Å². The topological polar surface area (TPSA) is 64.4 Å². The van der Waals surface area contributed by atoms with Crippen molar-refractivity contribution in [3.8, 4) is 17.0 Å². The summed E-state index contributed by atoms with van der Waals surface area (Å²) in [6.45, 7) is 1.66. The van der Waals surface area contributed by atoms with Crippen LogP contribution >= 0.6 is 11.6 Å². The molecule has 3 rings (SSSR count). The maximum atomic E-state index is 12.9. The molecule has 25 heavy (non-hydrogen) atoms. The molecule has 0 spiro atoms. The number of hydrogen-bond acceptors (Lipinski definition) is 4. The van der Waals surface area contributed by atoms with Crippen molar-refractivity contribution in [2.45, 2.75) is 6.92 Å². The molecule has 2 aromatic carbocycles. The fourth-order valence-corrected chi connectivity index (χ4v) is 2.24. The molecule has 0 saturated heterocycles. The zero-order valence-electron chi connectivity index (χ0n) is 13.3. The Morgan fingerprint density at radius 3 is 2.72 bits per heavy atom. The third kappa shape index (κ3) is 4.36. The Hall–Kier alpha value is -2.86. The molecule has 0 bridgehead atoms. The summed E-state index contributed by atoms with van der Waals surface area (Å²) in [4.78, 5) is 11.9. The molecule has 0 unspecified atom stereocenters. The van der Waals surface area contributed by atoms with Crippen LogP contribution in [-0.2, 0) is 4.79 Å². The zero-order valence-corrected chi connectivity index (χ0v) is 14.0. The summed E-state index contributed by atoms with van der Waals surface area (Å²) in [6, 6.07) is 12.5. The van der Waals surface area contributed by atoms with E-state index in [4.69, 9.17) is 20.9 Å². The van der Waals surface area contributed by atoms with Crippen LogP contribution in [0, 0.1) is 12.7 Å². The summed E-state index contributed by atoms with van der Waals surface area (Å²) in [5, 5.41) is 7.02. The van der Waals surface area contributed by atoms with Crippen LogP contribution in [0.4, 0.5) is 10.3 Å². The van der Waals surface area contributed by atoms with Gasteiger partial charge in [0.25, 0.3) is 5.91 Å². The van der Waals surface area contributed by atoms with E-state index in [1.165, 1.54) is 12.1 Å². The smallest absolute Gasteiger partial charge is 0.264 e. The molecule has 0 aliphatic rings. The molecule has 1 aromatic heterocycles. The normalized spacial score (nSPS) is 10.5. The zero-order chi connectivity index (χ0) is 17.8. The average Bonchev–Trinajstić information content (AvgIpc) is 3.05. The number of amides is 1. The number of anilines is 1. The number of carbonyl (C=O) groups is 1. The minimum Gasteiger partial charge on any atom is -0.484 e. The fraction of sp³-hybridized carbons (Fsp3) is 0.111. The SMILES string of the molecule is Cc1cc(OCC(=O)Nc2cc(-c3ccc(F)cc3)no2)ccc1Cl. The highest BCUT2D eigenvalue weighted by molar-refractivity contribution is 6.31. The minimum absolute atomic E-state index is 0.181. The first-order valence-electron chi connectivity index (χ1n) is 7.43. The number of halogens is 2. The van der Waals surface area contributed by atoms with Gasteiger partial charge in [-0.05, 0) is 55.0 Å². The van der Waals surface area contributed by atoms with E-state index in [-0.39, 0.29) is 18.3 Å². The van der Waals surface area contributed by atoms with E-state index in [2.05, 4.69) is 10.5 Å². The highest BCUT2D eigenvalue weighted by Crippen LogP contribution is 2.23. The number of hydrogen-bond donors (Lipinski definition) is 1. The van der Waals surface area contributed by atoms with Gasteiger partial charge in [0, 0.05) is 16.7 Å². The quantitative estimate of drug-likeness (QED) is 0.729. The van der Waals surface area contributed by atoms with Gasteiger partial charge in [0.1, 0.15) is 17.3 Å². The van der Waals surface area contributed by atoms with E-state index in [0.29, 0.717) is 22.0 Å². The summed E-state index contributed by atoms with van der Waals surface area (Å²) in [5.74, 6) is -0.00778. The lowest BCUT2D eigenvalue weighted by atomic mass is 10.1. The summed E-state index contributed by atoms with van der Waals surface area (Å²) in [6.07, 6.45) is 0. The van der Waals surface area contributed by atoms with E-state index < -0.39 is 5.91 Å². The number of carbonyl (C=O) groups excluding carboxylic acids is 1. The minimum atomic E-state index is -0.394. The fourth-order valence-electron chi connectivity index (χ4n) is 2.12. The summed E-state index contributed by atoms with van der Waals surface area (Å²) >= 11 is 5.94. The van der Waals surface area contributed by atoms with Gasteiger partial charge in [-0.15, -0.1) is 0 Å². The van der Waals surface area contributed by atoms with Gasteiger partial charge in [0.15, 0.2) is 6.61 Å². The van der Waals surface area contributed by atoms with Crippen LogP contribution in [0.25, 0.3) is 11.3 Å². The lowest BCUT2D eigenvalue weighted by Crippen LogP contribution is -2.19. The number of benzene rings is 2. The second-order valence-electron chi connectivity index (χ2n) is 5.33. The largest absolute Gasteiger partial charge is 0.484 e. The molecule has 7 heteroatoms. The van der Waals surface area contributed by atoms with Crippen LogP contribution in [-0.4, -0.2) is 17.7 Å². The predicted molar refractivity (Wildman–Crippen MR) is 92.2 cm³/mol. The van der Waals surface area contributed by atoms with Gasteiger partial charge in [-0.1, -0.05) is 16.8 Å². The molecule has 3 aromatic rings. The number of aromatic nitrogens is 1. The van der Waals surface area contributed by atoms with Gasteiger partial charge in [0.05, 0.1) is 0 Å². The van der Waals surface area contributed by atoms with Crippen LogP contribution in [0.2, 0.25) is 5.02 Å². The summed E-state index contributed by atoms with van der Waals surface area (Å²) in [5.41, 5.74) is 2.03. The summed E-state index contributed by atoms with van der Waals surface area (Å²) < 4.78 is 23.4. The Bertz CT molecular complexity index is 894. The van der Waals surface area contributed by atoms with Gasteiger partial charge < -0.3 is 9.26 Å². The average molecular weight is 361 g/mol. The summed E-state index contributed by atoms with van der Waals surface area (Å²) in [7, 11) is 0. The Kier molecular flexibility index (Phi) is 5.00. The van der Waals surface area contributed by atoms with E-state index in [1.807, 2.05) is 6.92 Å². The molecule has 0 radical (unpaired) electrons. The van der Waals surface area contributed by atoms with Gasteiger partial charge >= 0.3 is 0 Å². The molecule has 1 amide bonds. The highest BCUT2D eigenvalue weighted by atomic mass is 35.5. The number of nitrogens with zero attached hydrogens (tertiary/aromatic N) is 1. The number of ether oxygens (including phenoxy) is 1. The molecule has 128 valence electrons. The Balaban J connectivity index is 1.58. The molecule has 0 fully saturated rings. The molecular formula is C18H14ClFN2O3. The first-order valence-corrected chi connectivity index (χ1v) is 7.80. The van der Waals surface area contributed by atoms with E-state index in [1.54, 1.807) is 36.4 Å². The maximum absolute atomic E-state index is 12.9. The van der Waals surface area contributed by atoms with Crippen LogP contribution in [0.3, 0.4) is 0 Å². The van der Waals surface area contributed by atoms with Crippen molar-refractivity contribution in [1.29, 1.82) is 0 Å². The molecule has 0 atom stereocenters. The Labute approximate surface area is 148 Å². The van der Waals surface area contributed by atoms with Crippen LogP contribution in [0.15, 0.2) is 53.1 Å². The van der Waals surface area contributed by atoms with Crippen molar-refractivity contribution in [3.63, 3.8) is 0 Å². The molecule has 5 nitrogen and oxygen atoms in total. The predicted octanol–water partition coefficient (Wildman–Crippen LogP) is 4.46. The standard InChI is InChI=1S/C18H14ClFN2O3/c1-11-8-14(6-7-15(11)19)24-10-17(23)21-18-9-16(22-25-18)12-2-4-13(20)5-3-12/h2-9H,10H2,1H3,(H,21,23). The lowest BCUT2D eigenvalue weighted by Gasteiger charge is -2.07. The molecule has 1 heterocycles. The van der Waals surface area contributed by atoms with Crippen LogP contribution in [0.1, 0.15) is 5.56 Å². The van der Waals surface area contributed by atoms with Crippen molar-refractivity contribution >= 4 is 23.4 Å². The van der Waals surface area contributed by atoms with Crippen molar-refractivity contribution in [2.24, 2.45) is 0 Å².